The molecule has 0 saturated heterocycles. The van der Waals surface area contributed by atoms with Crippen LogP contribution in [0.3, 0.4) is 0 Å². The fraction of sp³-hybridized carbons (Fsp3) is 0.478. The molecule has 2 aromatic rings. The number of carboxylic acids is 1. The smallest absolute Gasteiger partial charge is 0.374 e. The first-order valence-corrected chi connectivity index (χ1v) is 9.95. The second-order valence-electron chi connectivity index (χ2n) is 6.10. The summed E-state index contributed by atoms with van der Waals surface area (Å²) < 4.78 is 9.99. The first-order chi connectivity index (χ1) is 13.6. The minimum atomic E-state index is -0.711. The van der Waals surface area contributed by atoms with Crippen LogP contribution in [0.15, 0.2) is 53.1 Å². The number of carbonyl (C=O) groups excluding carboxylic acids is 1. The number of hydrogen-bond donors (Lipinski definition) is 1. The van der Waals surface area contributed by atoms with Crippen LogP contribution in [0.4, 0.5) is 0 Å². The molecular formula is C23H33O5. The normalized spacial score (nSPS) is 9.36. The second kappa shape index (κ2) is 19.2. The third kappa shape index (κ3) is 16.9. The molecule has 0 bridgehead atoms. The highest BCUT2D eigenvalue weighted by atomic mass is 16.5. The maximum Gasteiger partial charge on any atom is 0.374 e. The Morgan fingerprint density at radius 3 is 2.07 bits per heavy atom. The van der Waals surface area contributed by atoms with Crippen molar-refractivity contribution in [3.8, 4) is 0 Å². The molecule has 0 aliphatic heterocycles. The Bertz CT molecular complexity index is 552. The predicted octanol–water partition coefficient (Wildman–Crippen LogP) is 6.15. The molecule has 1 aromatic carbocycles. The van der Waals surface area contributed by atoms with E-state index in [4.69, 9.17) is 14.3 Å². The standard InChI is InChI=1S/C13H20O3.C6H5.C4H8O2/c1-2-3-4-5-6-7-10-16-13(14)12-9-8-11-15-12;1-2-4-6-5-3-1;1-2-3-4(5)6/h8-9,11H,2-7,10H2,1H3;1-5H;2-3H2,1H3,(H,5,6). The molecule has 0 fully saturated rings. The van der Waals surface area contributed by atoms with Crippen molar-refractivity contribution in [1.82, 2.24) is 0 Å². The number of rotatable bonds is 10. The number of esters is 1. The second-order valence-corrected chi connectivity index (χ2v) is 6.10. The zero-order valence-corrected chi connectivity index (χ0v) is 17.1. The Hall–Kier alpha value is -2.56. The van der Waals surface area contributed by atoms with E-state index in [0.717, 1.165) is 19.3 Å². The van der Waals surface area contributed by atoms with Gasteiger partial charge in [0.1, 0.15) is 0 Å². The molecule has 0 amide bonds. The molecule has 0 spiro atoms. The summed E-state index contributed by atoms with van der Waals surface area (Å²) >= 11 is 0. The van der Waals surface area contributed by atoms with E-state index in [1.165, 1.54) is 31.9 Å². The molecule has 5 nitrogen and oxygen atoms in total. The molecule has 0 aliphatic carbocycles. The molecule has 1 aromatic heterocycles. The summed E-state index contributed by atoms with van der Waals surface area (Å²) in [6, 6.07) is 15.8. The lowest BCUT2D eigenvalue weighted by molar-refractivity contribution is -0.137. The molecule has 5 heteroatoms. The lowest BCUT2D eigenvalue weighted by Crippen LogP contribution is -2.05. The van der Waals surface area contributed by atoms with E-state index in [2.05, 4.69) is 13.0 Å². The Balaban J connectivity index is 0.000000495. The SMILES string of the molecule is CCCC(=O)O.CCCCCCCCOC(=O)c1ccco1.[c]1ccccc1. The number of ether oxygens (including phenoxy) is 1. The Morgan fingerprint density at radius 2 is 1.64 bits per heavy atom. The molecule has 1 N–H and O–H groups in total. The molecule has 0 unspecified atom stereocenters. The van der Waals surface area contributed by atoms with Crippen LogP contribution in [0.2, 0.25) is 0 Å². The van der Waals surface area contributed by atoms with Crippen LogP contribution < -0.4 is 0 Å². The van der Waals surface area contributed by atoms with Gasteiger partial charge in [-0.2, -0.15) is 0 Å². The summed E-state index contributed by atoms with van der Waals surface area (Å²) in [6.45, 7) is 4.53. The lowest BCUT2D eigenvalue weighted by Gasteiger charge is -2.02. The maximum absolute atomic E-state index is 11.3. The average Bonchev–Trinajstić information content (AvgIpc) is 3.24. The van der Waals surface area contributed by atoms with Gasteiger partial charge in [-0.05, 0) is 31.0 Å². The number of carboxylic acid groups (broad SMARTS) is 1. The van der Waals surface area contributed by atoms with Crippen LogP contribution in [0.5, 0.6) is 0 Å². The van der Waals surface area contributed by atoms with Crippen molar-refractivity contribution in [3.05, 3.63) is 60.6 Å². The van der Waals surface area contributed by atoms with Gasteiger partial charge in [-0.15, -0.1) is 0 Å². The first kappa shape index (κ1) is 25.4. The highest BCUT2D eigenvalue weighted by Gasteiger charge is 2.08. The number of aliphatic carboxylic acids is 1. The van der Waals surface area contributed by atoms with Crippen LogP contribution in [-0.4, -0.2) is 23.7 Å². The van der Waals surface area contributed by atoms with Crippen molar-refractivity contribution < 1.29 is 23.8 Å². The number of furan rings is 1. The summed E-state index contributed by atoms with van der Waals surface area (Å²) in [5.41, 5.74) is 0. The van der Waals surface area contributed by atoms with Crippen molar-refractivity contribution >= 4 is 11.9 Å². The molecule has 1 radical (unpaired) electrons. The third-order valence-corrected chi connectivity index (χ3v) is 3.52. The number of hydrogen-bond acceptors (Lipinski definition) is 4. The highest BCUT2D eigenvalue weighted by Crippen LogP contribution is 2.06. The van der Waals surface area contributed by atoms with E-state index in [1.54, 1.807) is 12.1 Å². The summed E-state index contributed by atoms with van der Waals surface area (Å²) in [6.07, 6.45) is 9.63. The predicted molar refractivity (Wildman–Crippen MR) is 110 cm³/mol. The molecule has 0 aliphatic rings. The zero-order valence-electron chi connectivity index (χ0n) is 17.1. The van der Waals surface area contributed by atoms with Gasteiger partial charge in [-0.25, -0.2) is 4.79 Å². The van der Waals surface area contributed by atoms with Crippen molar-refractivity contribution in [3.63, 3.8) is 0 Å². The van der Waals surface area contributed by atoms with E-state index < -0.39 is 5.97 Å². The van der Waals surface area contributed by atoms with Crippen LogP contribution in [0.25, 0.3) is 0 Å². The Kier molecular flexibility index (Phi) is 17.5. The number of carbonyl (C=O) groups is 2. The molecule has 1 heterocycles. The highest BCUT2D eigenvalue weighted by molar-refractivity contribution is 5.86. The largest absolute Gasteiger partial charge is 0.481 e. The minimum Gasteiger partial charge on any atom is -0.481 e. The van der Waals surface area contributed by atoms with Gasteiger partial charge in [0.05, 0.1) is 12.9 Å². The molecule has 2 rings (SSSR count). The number of benzene rings is 1. The lowest BCUT2D eigenvalue weighted by atomic mass is 10.1. The summed E-state index contributed by atoms with van der Waals surface area (Å²) in [5.74, 6) is -0.790. The van der Waals surface area contributed by atoms with E-state index >= 15 is 0 Å². The van der Waals surface area contributed by atoms with Gasteiger partial charge in [-0.3, -0.25) is 4.79 Å². The molecule has 0 atom stereocenters. The first-order valence-electron chi connectivity index (χ1n) is 9.95. The van der Waals surface area contributed by atoms with Crippen LogP contribution >= 0.6 is 0 Å². The van der Waals surface area contributed by atoms with Gasteiger partial charge in [0, 0.05) is 6.42 Å². The molecular weight excluding hydrogens is 356 g/mol. The summed E-state index contributed by atoms with van der Waals surface area (Å²) in [7, 11) is 0. The van der Waals surface area contributed by atoms with E-state index in [0.29, 0.717) is 13.0 Å². The average molecular weight is 390 g/mol. The van der Waals surface area contributed by atoms with Gasteiger partial charge in [0.15, 0.2) is 0 Å². The molecule has 0 saturated carbocycles. The van der Waals surface area contributed by atoms with Gasteiger partial charge in [0.25, 0.3) is 0 Å². The third-order valence-electron chi connectivity index (χ3n) is 3.52. The number of unbranched alkanes of at least 4 members (excludes halogenated alkanes) is 5. The fourth-order valence-corrected chi connectivity index (χ4v) is 2.07. The fourth-order valence-electron chi connectivity index (χ4n) is 2.07. The van der Waals surface area contributed by atoms with Gasteiger partial charge >= 0.3 is 11.9 Å². The minimum absolute atomic E-state index is 0.283. The van der Waals surface area contributed by atoms with Crippen LogP contribution in [0, 0.1) is 6.07 Å². The molecule has 28 heavy (non-hydrogen) atoms. The maximum atomic E-state index is 11.3. The zero-order chi connectivity index (χ0) is 20.9. The van der Waals surface area contributed by atoms with E-state index in [1.807, 2.05) is 37.3 Å². The van der Waals surface area contributed by atoms with E-state index in [9.17, 15) is 9.59 Å². The summed E-state index contributed by atoms with van der Waals surface area (Å²) in [5, 5.41) is 7.91. The Labute approximate surface area is 168 Å². The van der Waals surface area contributed by atoms with Crippen molar-refractivity contribution in [2.24, 2.45) is 0 Å². The topological polar surface area (TPSA) is 76.7 Å². The van der Waals surface area contributed by atoms with Gasteiger partial charge in [-0.1, -0.05) is 76.3 Å². The van der Waals surface area contributed by atoms with Crippen molar-refractivity contribution in [2.75, 3.05) is 6.61 Å². The monoisotopic (exact) mass is 389 g/mol. The van der Waals surface area contributed by atoms with Crippen LogP contribution in [-0.2, 0) is 9.53 Å². The van der Waals surface area contributed by atoms with Crippen molar-refractivity contribution in [2.45, 2.75) is 65.2 Å². The van der Waals surface area contributed by atoms with Gasteiger partial charge in [0.2, 0.25) is 5.76 Å². The van der Waals surface area contributed by atoms with E-state index in [-0.39, 0.29) is 11.7 Å². The van der Waals surface area contributed by atoms with Gasteiger partial charge < -0.3 is 14.3 Å². The van der Waals surface area contributed by atoms with Crippen molar-refractivity contribution in [1.29, 1.82) is 0 Å². The quantitative estimate of drug-likeness (QED) is 0.389. The summed E-state index contributed by atoms with van der Waals surface area (Å²) in [4.78, 5) is 20.9. The Morgan fingerprint density at radius 1 is 0.964 bits per heavy atom. The molecule has 155 valence electrons. The van der Waals surface area contributed by atoms with Crippen LogP contribution in [0.1, 0.15) is 75.8 Å².